The largest absolute Gasteiger partial charge is 0.461 e. The fraction of sp³-hybridized carbons (Fsp3) is 0.200. The highest BCUT2D eigenvalue weighted by Gasteiger charge is 2.07. The number of anilines is 1. The molecule has 0 unspecified atom stereocenters. The summed E-state index contributed by atoms with van der Waals surface area (Å²) >= 11 is 0. The lowest BCUT2D eigenvalue weighted by atomic mass is 10.2. The summed E-state index contributed by atoms with van der Waals surface area (Å²) in [7, 11) is 0. The zero-order valence-electron chi connectivity index (χ0n) is 11.1. The molecule has 0 atom stereocenters. The molecule has 0 aliphatic carbocycles. The molecular formula is C15H15FN2O2. The van der Waals surface area contributed by atoms with Gasteiger partial charge in [-0.15, -0.1) is 0 Å². The number of pyridine rings is 1. The molecule has 2 aromatic rings. The van der Waals surface area contributed by atoms with E-state index < -0.39 is 5.97 Å². The van der Waals surface area contributed by atoms with E-state index in [9.17, 15) is 9.18 Å². The van der Waals surface area contributed by atoms with Gasteiger partial charge in [0, 0.05) is 6.54 Å². The molecule has 1 aromatic carbocycles. The summed E-state index contributed by atoms with van der Waals surface area (Å²) in [6.07, 6.45) is 1.55. The van der Waals surface area contributed by atoms with Crippen molar-refractivity contribution in [1.82, 2.24) is 4.98 Å². The van der Waals surface area contributed by atoms with Crippen molar-refractivity contribution >= 4 is 11.7 Å². The first kappa shape index (κ1) is 14.0. The van der Waals surface area contributed by atoms with Gasteiger partial charge in [0.25, 0.3) is 0 Å². The third-order valence-electron chi connectivity index (χ3n) is 2.63. The summed E-state index contributed by atoms with van der Waals surface area (Å²) in [5.41, 5.74) is 1.85. The van der Waals surface area contributed by atoms with Crippen LogP contribution >= 0.6 is 0 Å². The summed E-state index contributed by atoms with van der Waals surface area (Å²) < 4.78 is 17.9. The van der Waals surface area contributed by atoms with E-state index in [1.54, 1.807) is 31.3 Å². The lowest BCUT2D eigenvalue weighted by Gasteiger charge is -2.07. The molecule has 2 rings (SSSR count). The monoisotopic (exact) mass is 274 g/mol. The predicted octanol–water partition coefficient (Wildman–Crippen LogP) is 3.01. The van der Waals surface area contributed by atoms with Crippen molar-refractivity contribution in [1.29, 1.82) is 0 Å². The molecule has 0 fully saturated rings. The maximum Gasteiger partial charge on any atom is 0.356 e. The van der Waals surface area contributed by atoms with E-state index in [1.807, 2.05) is 6.07 Å². The minimum absolute atomic E-state index is 0.264. The van der Waals surface area contributed by atoms with Gasteiger partial charge in [0.05, 0.1) is 18.5 Å². The molecule has 0 saturated heterocycles. The van der Waals surface area contributed by atoms with Crippen LogP contribution in [0.3, 0.4) is 0 Å². The van der Waals surface area contributed by atoms with Gasteiger partial charge in [-0.3, -0.25) is 0 Å². The molecule has 20 heavy (non-hydrogen) atoms. The van der Waals surface area contributed by atoms with Crippen molar-refractivity contribution in [2.75, 3.05) is 11.9 Å². The number of nitrogens with one attached hydrogen (secondary N) is 1. The fourth-order valence-electron chi connectivity index (χ4n) is 1.68. The molecule has 0 amide bonds. The van der Waals surface area contributed by atoms with Crippen LogP contribution in [-0.2, 0) is 11.3 Å². The van der Waals surface area contributed by atoms with Gasteiger partial charge < -0.3 is 10.1 Å². The van der Waals surface area contributed by atoms with Crippen LogP contribution in [0.5, 0.6) is 0 Å². The zero-order chi connectivity index (χ0) is 14.4. The predicted molar refractivity (Wildman–Crippen MR) is 73.9 cm³/mol. The maximum atomic E-state index is 13.0. The Bertz CT molecular complexity index is 585. The first-order valence-corrected chi connectivity index (χ1v) is 6.30. The number of nitrogens with zero attached hydrogens (tertiary/aromatic N) is 1. The van der Waals surface area contributed by atoms with E-state index in [2.05, 4.69) is 10.3 Å². The molecule has 0 bridgehead atoms. The molecule has 4 nitrogen and oxygen atoms in total. The highest BCUT2D eigenvalue weighted by Crippen LogP contribution is 2.10. The normalized spacial score (nSPS) is 10.1. The fourth-order valence-corrected chi connectivity index (χ4v) is 1.68. The van der Waals surface area contributed by atoms with E-state index in [0.29, 0.717) is 13.2 Å². The van der Waals surface area contributed by atoms with Gasteiger partial charge in [-0.1, -0.05) is 12.1 Å². The van der Waals surface area contributed by atoms with Crippen molar-refractivity contribution in [3.63, 3.8) is 0 Å². The summed E-state index contributed by atoms with van der Waals surface area (Å²) in [5.74, 6) is -0.704. The highest BCUT2D eigenvalue weighted by molar-refractivity contribution is 5.87. The Morgan fingerprint density at radius 1 is 1.35 bits per heavy atom. The number of esters is 1. The second-order valence-corrected chi connectivity index (χ2v) is 4.14. The van der Waals surface area contributed by atoms with Crippen molar-refractivity contribution in [2.45, 2.75) is 13.5 Å². The van der Waals surface area contributed by atoms with Crippen LogP contribution in [0.25, 0.3) is 0 Å². The molecule has 0 aliphatic rings. The molecule has 104 valence electrons. The van der Waals surface area contributed by atoms with Crippen LogP contribution in [0, 0.1) is 5.82 Å². The van der Waals surface area contributed by atoms with Crippen LogP contribution in [0.15, 0.2) is 42.6 Å². The second-order valence-electron chi connectivity index (χ2n) is 4.14. The Kier molecular flexibility index (Phi) is 4.65. The number of hydrogen-bond acceptors (Lipinski definition) is 4. The molecular weight excluding hydrogens is 259 g/mol. The molecule has 1 aromatic heterocycles. The first-order valence-electron chi connectivity index (χ1n) is 6.30. The van der Waals surface area contributed by atoms with E-state index in [0.717, 1.165) is 11.3 Å². The van der Waals surface area contributed by atoms with Gasteiger partial charge in [-0.05, 0) is 36.8 Å². The van der Waals surface area contributed by atoms with Crippen LogP contribution in [0.2, 0.25) is 0 Å². The van der Waals surface area contributed by atoms with Crippen LogP contribution < -0.4 is 5.32 Å². The molecule has 0 aliphatic heterocycles. The number of aromatic nitrogens is 1. The molecule has 0 saturated carbocycles. The number of halogens is 1. The Morgan fingerprint density at radius 2 is 2.20 bits per heavy atom. The van der Waals surface area contributed by atoms with Gasteiger partial charge in [0.1, 0.15) is 11.5 Å². The van der Waals surface area contributed by atoms with E-state index >= 15 is 0 Å². The van der Waals surface area contributed by atoms with Gasteiger partial charge in [0.15, 0.2) is 0 Å². The Balaban J connectivity index is 1.95. The van der Waals surface area contributed by atoms with E-state index in [-0.39, 0.29) is 11.5 Å². The summed E-state index contributed by atoms with van der Waals surface area (Å²) in [4.78, 5) is 15.4. The minimum Gasteiger partial charge on any atom is -0.461 e. The quantitative estimate of drug-likeness (QED) is 0.851. The second kappa shape index (κ2) is 6.65. The third-order valence-corrected chi connectivity index (χ3v) is 2.63. The van der Waals surface area contributed by atoms with Crippen molar-refractivity contribution in [3.05, 3.63) is 59.7 Å². The van der Waals surface area contributed by atoms with Gasteiger partial charge >= 0.3 is 5.97 Å². The number of ether oxygens (including phenoxy) is 1. The lowest BCUT2D eigenvalue weighted by Crippen LogP contribution is -2.07. The van der Waals surface area contributed by atoms with Crippen LogP contribution in [-0.4, -0.2) is 17.6 Å². The molecule has 0 radical (unpaired) electrons. The maximum absolute atomic E-state index is 13.0. The Morgan fingerprint density at radius 3 is 2.85 bits per heavy atom. The van der Waals surface area contributed by atoms with Crippen LogP contribution in [0.4, 0.5) is 10.1 Å². The van der Waals surface area contributed by atoms with E-state index in [4.69, 9.17) is 4.74 Å². The average Bonchev–Trinajstić information content (AvgIpc) is 2.46. The summed E-state index contributed by atoms with van der Waals surface area (Å²) in [6, 6.07) is 9.68. The molecule has 1 heterocycles. The zero-order valence-corrected chi connectivity index (χ0v) is 11.1. The van der Waals surface area contributed by atoms with Crippen molar-refractivity contribution in [2.24, 2.45) is 0 Å². The lowest BCUT2D eigenvalue weighted by molar-refractivity contribution is 0.0519. The number of benzene rings is 1. The highest BCUT2D eigenvalue weighted by atomic mass is 19.1. The summed E-state index contributed by atoms with van der Waals surface area (Å²) in [6.45, 7) is 2.55. The molecule has 1 N–H and O–H groups in total. The topological polar surface area (TPSA) is 51.2 Å². The smallest absolute Gasteiger partial charge is 0.356 e. The van der Waals surface area contributed by atoms with Crippen molar-refractivity contribution in [3.8, 4) is 0 Å². The standard InChI is InChI=1S/C15H15FN2O2/c1-2-20-15(19)14-7-6-13(10-18-14)17-9-11-4-3-5-12(16)8-11/h3-8,10,17H,2,9H2,1H3. The van der Waals surface area contributed by atoms with Crippen LogP contribution in [0.1, 0.15) is 23.0 Å². The SMILES string of the molecule is CCOC(=O)c1ccc(NCc2cccc(F)c2)cn1. The Labute approximate surface area is 116 Å². The van der Waals surface area contributed by atoms with E-state index in [1.165, 1.54) is 12.1 Å². The first-order chi connectivity index (χ1) is 9.69. The summed E-state index contributed by atoms with van der Waals surface area (Å²) in [5, 5.41) is 3.11. The average molecular weight is 274 g/mol. The van der Waals surface area contributed by atoms with Gasteiger partial charge in [-0.2, -0.15) is 0 Å². The number of carbonyl (C=O) groups excluding carboxylic acids is 1. The molecule has 5 heteroatoms. The minimum atomic E-state index is -0.441. The van der Waals surface area contributed by atoms with Gasteiger partial charge in [0.2, 0.25) is 0 Å². The van der Waals surface area contributed by atoms with Crippen molar-refractivity contribution < 1.29 is 13.9 Å². The third kappa shape index (κ3) is 3.78. The number of hydrogen-bond donors (Lipinski definition) is 1. The Hall–Kier alpha value is -2.43. The van der Waals surface area contributed by atoms with Gasteiger partial charge in [-0.25, -0.2) is 14.2 Å². The number of rotatable bonds is 5. The number of carbonyl (C=O) groups is 1. The molecule has 0 spiro atoms.